The highest BCUT2D eigenvalue weighted by Gasteiger charge is 2.30. The zero-order chi connectivity index (χ0) is 21.6. The maximum absolute atomic E-state index is 12.8. The van der Waals surface area contributed by atoms with E-state index in [1.54, 1.807) is 7.05 Å². The van der Waals surface area contributed by atoms with E-state index in [0.717, 1.165) is 88.7 Å². The smallest absolute Gasteiger partial charge is 0.242 e. The number of nitrogens with zero attached hydrogens (tertiary/aromatic N) is 5. The first-order chi connectivity index (χ1) is 15.1. The molecular weight excluding hydrogens is 416 g/mol. The molecule has 0 aliphatic carbocycles. The molecule has 3 aliphatic rings. The molecule has 3 heterocycles. The van der Waals surface area contributed by atoms with Crippen molar-refractivity contribution in [3.05, 3.63) is 29.3 Å². The molecule has 1 aromatic carbocycles. The van der Waals surface area contributed by atoms with Crippen molar-refractivity contribution in [2.75, 3.05) is 84.1 Å². The van der Waals surface area contributed by atoms with Crippen molar-refractivity contribution in [2.45, 2.75) is 12.5 Å². The number of benzene rings is 1. The molecule has 3 aliphatic heterocycles. The minimum Gasteiger partial charge on any atom is -0.379 e. The Kier molecular flexibility index (Phi) is 7.53. The second-order valence-corrected chi connectivity index (χ2v) is 8.72. The average Bonchev–Trinajstić information content (AvgIpc) is 3.31. The fraction of sp³-hybridized carbons (Fsp3) is 0.636. The summed E-state index contributed by atoms with van der Waals surface area (Å²) < 4.78 is 5.47. The second-order valence-electron chi connectivity index (χ2n) is 8.28. The average molecular weight is 449 g/mol. The van der Waals surface area contributed by atoms with E-state index in [1.807, 2.05) is 29.2 Å². The molecule has 31 heavy (non-hydrogen) atoms. The third kappa shape index (κ3) is 5.61. The van der Waals surface area contributed by atoms with Crippen LogP contribution in [-0.2, 0) is 9.53 Å². The Bertz CT molecular complexity index is 760. The molecule has 1 aromatic rings. The predicted molar refractivity (Wildman–Crippen MR) is 124 cm³/mol. The fourth-order valence-electron chi connectivity index (χ4n) is 4.64. The Hall–Kier alpha value is -2.03. The third-order valence-corrected chi connectivity index (χ3v) is 6.71. The van der Waals surface area contributed by atoms with E-state index < -0.39 is 0 Å². The van der Waals surface area contributed by atoms with Gasteiger partial charge in [0.05, 0.1) is 19.8 Å². The summed E-state index contributed by atoms with van der Waals surface area (Å²) in [4.78, 5) is 26.2. The topological polar surface area (TPSA) is 63.7 Å². The van der Waals surface area contributed by atoms with Crippen LogP contribution < -0.4 is 10.2 Å². The number of nitrogens with one attached hydrogen (secondary N) is 1. The highest BCUT2D eigenvalue weighted by molar-refractivity contribution is 6.30. The zero-order valence-electron chi connectivity index (χ0n) is 18.3. The van der Waals surface area contributed by atoms with Gasteiger partial charge in [-0.15, -0.1) is 0 Å². The van der Waals surface area contributed by atoms with Gasteiger partial charge in [-0.25, -0.2) is 0 Å². The van der Waals surface area contributed by atoms with Crippen LogP contribution in [0.3, 0.4) is 0 Å². The van der Waals surface area contributed by atoms with Crippen LogP contribution in [-0.4, -0.2) is 112 Å². The predicted octanol–water partition coefficient (Wildman–Crippen LogP) is 0.971. The number of hydrogen-bond donors (Lipinski definition) is 1. The number of likely N-dealkylation sites (tertiary alicyclic amines) is 1. The molecule has 0 saturated carbocycles. The highest BCUT2D eigenvalue weighted by Crippen LogP contribution is 2.20. The normalized spacial score (nSPS) is 23.4. The first kappa shape index (κ1) is 22.2. The van der Waals surface area contributed by atoms with Gasteiger partial charge in [-0.3, -0.25) is 14.7 Å². The summed E-state index contributed by atoms with van der Waals surface area (Å²) in [6.45, 7) is 8.97. The quantitative estimate of drug-likeness (QED) is 0.547. The molecule has 0 aromatic heterocycles. The van der Waals surface area contributed by atoms with E-state index in [0.29, 0.717) is 6.04 Å². The van der Waals surface area contributed by atoms with Crippen molar-refractivity contribution >= 4 is 29.2 Å². The number of morpholine rings is 1. The monoisotopic (exact) mass is 448 g/mol. The number of carbonyl (C=O) groups excluding carboxylic acids is 1. The minimum atomic E-state index is 0.126. The number of piperazine rings is 1. The molecule has 0 bridgehead atoms. The lowest BCUT2D eigenvalue weighted by molar-refractivity contribution is -0.130. The van der Waals surface area contributed by atoms with Gasteiger partial charge in [0.1, 0.15) is 0 Å². The van der Waals surface area contributed by atoms with Crippen molar-refractivity contribution < 1.29 is 9.53 Å². The first-order valence-electron chi connectivity index (χ1n) is 11.2. The van der Waals surface area contributed by atoms with Gasteiger partial charge in [-0.2, -0.15) is 0 Å². The molecule has 9 heteroatoms. The molecule has 3 saturated heterocycles. The van der Waals surface area contributed by atoms with E-state index in [2.05, 4.69) is 25.0 Å². The van der Waals surface area contributed by atoms with E-state index >= 15 is 0 Å². The molecule has 1 N–H and O–H groups in total. The summed E-state index contributed by atoms with van der Waals surface area (Å²) >= 11 is 5.98. The maximum atomic E-state index is 12.8. The number of rotatable bonds is 4. The molecule has 0 spiro atoms. The molecule has 170 valence electrons. The van der Waals surface area contributed by atoms with Crippen LogP contribution in [0.4, 0.5) is 5.69 Å². The number of carbonyl (C=O) groups is 1. The molecule has 3 fully saturated rings. The van der Waals surface area contributed by atoms with Gasteiger partial charge in [0, 0.05) is 76.2 Å². The highest BCUT2D eigenvalue weighted by atomic mass is 35.5. The molecule has 1 amide bonds. The van der Waals surface area contributed by atoms with Crippen LogP contribution in [0.15, 0.2) is 29.3 Å². The molecular formula is C22H33ClN6O2. The largest absolute Gasteiger partial charge is 0.379 e. The Morgan fingerprint density at radius 3 is 2.45 bits per heavy atom. The number of aliphatic imine (C=N–C) groups is 1. The lowest BCUT2D eigenvalue weighted by Crippen LogP contribution is -2.52. The number of amides is 1. The fourth-order valence-corrected chi connectivity index (χ4v) is 4.77. The standard InChI is InChI=1S/C22H33ClN6O2/c1-24-22(29-7-6-20(17-29)27-12-14-31-15-13-27)25-16-21(30)28-10-8-26(9-11-28)19-4-2-18(23)3-5-19/h2-5,20H,6-17H2,1H3,(H,24,25). The summed E-state index contributed by atoms with van der Waals surface area (Å²) in [5.74, 6) is 0.949. The lowest BCUT2D eigenvalue weighted by Gasteiger charge is -2.36. The molecule has 4 rings (SSSR count). The van der Waals surface area contributed by atoms with Gasteiger partial charge in [0.25, 0.3) is 0 Å². The Morgan fingerprint density at radius 1 is 1.06 bits per heavy atom. The van der Waals surface area contributed by atoms with Crippen LogP contribution in [0.25, 0.3) is 0 Å². The molecule has 8 nitrogen and oxygen atoms in total. The van der Waals surface area contributed by atoms with Gasteiger partial charge in [-0.05, 0) is 30.7 Å². The minimum absolute atomic E-state index is 0.126. The van der Waals surface area contributed by atoms with Crippen molar-refractivity contribution in [1.29, 1.82) is 0 Å². The molecule has 1 unspecified atom stereocenters. The third-order valence-electron chi connectivity index (χ3n) is 6.46. The lowest BCUT2D eigenvalue weighted by atomic mass is 10.2. The Morgan fingerprint density at radius 2 is 1.77 bits per heavy atom. The van der Waals surface area contributed by atoms with Crippen molar-refractivity contribution in [1.82, 2.24) is 20.0 Å². The van der Waals surface area contributed by atoms with Gasteiger partial charge < -0.3 is 24.8 Å². The van der Waals surface area contributed by atoms with Crippen LogP contribution in [0.5, 0.6) is 0 Å². The van der Waals surface area contributed by atoms with Crippen LogP contribution in [0.1, 0.15) is 6.42 Å². The van der Waals surface area contributed by atoms with E-state index in [-0.39, 0.29) is 12.5 Å². The van der Waals surface area contributed by atoms with Crippen molar-refractivity contribution in [3.63, 3.8) is 0 Å². The summed E-state index contributed by atoms with van der Waals surface area (Å²) in [6, 6.07) is 8.42. The van der Waals surface area contributed by atoms with Crippen LogP contribution in [0.2, 0.25) is 5.02 Å². The maximum Gasteiger partial charge on any atom is 0.242 e. The van der Waals surface area contributed by atoms with Crippen LogP contribution >= 0.6 is 11.6 Å². The number of guanidine groups is 1. The summed E-state index contributed by atoms with van der Waals surface area (Å²) in [5, 5.41) is 4.04. The number of halogens is 1. The second kappa shape index (κ2) is 10.5. The molecule has 0 radical (unpaired) electrons. The van der Waals surface area contributed by atoms with Gasteiger partial charge in [0.15, 0.2) is 5.96 Å². The zero-order valence-corrected chi connectivity index (χ0v) is 19.1. The number of anilines is 1. The van der Waals surface area contributed by atoms with Gasteiger partial charge >= 0.3 is 0 Å². The summed E-state index contributed by atoms with van der Waals surface area (Å²) in [6.07, 6.45) is 1.13. The van der Waals surface area contributed by atoms with E-state index in [4.69, 9.17) is 16.3 Å². The Labute approximate surface area is 189 Å². The van der Waals surface area contributed by atoms with Crippen molar-refractivity contribution in [3.8, 4) is 0 Å². The Balaban J connectivity index is 1.21. The summed E-state index contributed by atoms with van der Waals surface area (Å²) in [5.41, 5.74) is 1.15. The van der Waals surface area contributed by atoms with E-state index in [9.17, 15) is 4.79 Å². The number of ether oxygens (including phenoxy) is 1. The van der Waals surface area contributed by atoms with E-state index in [1.165, 1.54) is 0 Å². The van der Waals surface area contributed by atoms with Gasteiger partial charge in [-0.1, -0.05) is 11.6 Å². The first-order valence-corrected chi connectivity index (χ1v) is 11.6. The van der Waals surface area contributed by atoms with Gasteiger partial charge in [0.2, 0.25) is 5.91 Å². The SMILES string of the molecule is CN=C(NCC(=O)N1CCN(c2ccc(Cl)cc2)CC1)N1CCC(N2CCOCC2)C1. The molecule has 1 atom stereocenters. The van der Waals surface area contributed by atoms with Crippen LogP contribution in [0, 0.1) is 0 Å². The number of hydrogen-bond acceptors (Lipinski definition) is 5. The summed E-state index contributed by atoms with van der Waals surface area (Å²) in [7, 11) is 1.79. The van der Waals surface area contributed by atoms with Crippen molar-refractivity contribution in [2.24, 2.45) is 4.99 Å².